The summed E-state index contributed by atoms with van der Waals surface area (Å²) in [4.78, 5) is 26.8. The first-order valence-corrected chi connectivity index (χ1v) is 11.7. The minimum Gasteiger partial charge on any atom is -0.490 e. The molecular formula is C24H18F3N5O5S. The van der Waals surface area contributed by atoms with Crippen molar-refractivity contribution in [3.8, 4) is 11.5 Å². The lowest BCUT2D eigenvalue weighted by Crippen LogP contribution is -2.35. The molecule has 0 aliphatic carbocycles. The third kappa shape index (κ3) is 5.75. The predicted octanol–water partition coefficient (Wildman–Crippen LogP) is 4.96. The average molecular weight is 545 g/mol. The SMILES string of the molecule is C=CCc1ccccc1OCCOc1ccc([N+](=O)[O-])cc1C=C1C(=N)N2N=C(C(F)(F)F)SC2=NC1=O. The fraction of sp³-hybridized carbons (Fsp3) is 0.167. The van der Waals surface area contributed by atoms with Crippen molar-refractivity contribution in [2.75, 3.05) is 13.2 Å². The Morgan fingerprint density at radius 3 is 2.55 bits per heavy atom. The number of carbonyl (C=O) groups excluding carboxylic acids is 1. The largest absolute Gasteiger partial charge is 0.490 e. The van der Waals surface area contributed by atoms with Gasteiger partial charge in [-0.25, -0.2) is 0 Å². The summed E-state index contributed by atoms with van der Waals surface area (Å²) in [6.07, 6.45) is -1.35. The first-order valence-electron chi connectivity index (χ1n) is 10.9. The number of hydrogen-bond donors (Lipinski definition) is 1. The number of alkyl halides is 3. The van der Waals surface area contributed by atoms with Gasteiger partial charge in [0, 0.05) is 17.7 Å². The molecule has 0 spiro atoms. The predicted molar refractivity (Wildman–Crippen MR) is 135 cm³/mol. The van der Waals surface area contributed by atoms with Crippen LogP contribution in [0.5, 0.6) is 11.5 Å². The molecule has 14 heteroatoms. The minimum absolute atomic E-state index is 0.0199. The number of benzene rings is 2. The van der Waals surface area contributed by atoms with E-state index in [1.807, 2.05) is 18.2 Å². The van der Waals surface area contributed by atoms with Crippen molar-refractivity contribution in [2.24, 2.45) is 10.1 Å². The average Bonchev–Trinajstić information content (AvgIpc) is 3.31. The van der Waals surface area contributed by atoms with Crippen molar-refractivity contribution in [1.29, 1.82) is 5.41 Å². The number of halogens is 3. The summed E-state index contributed by atoms with van der Waals surface area (Å²) in [5, 5.41) is 21.8. The van der Waals surface area contributed by atoms with Crippen LogP contribution >= 0.6 is 11.8 Å². The van der Waals surface area contributed by atoms with Gasteiger partial charge in [0.2, 0.25) is 10.2 Å². The van der Waals surface area contributed by atoms with E-state index < -0.39 is 38.6 Å². The van der Waals surface area contributed by atoms with Crippen molar-refractivity contribution >= 4 is 45.5 Å². The van der Waals surface area contributed by atoms with Crippen molar-refractivity contribution in [3.63, 3.8) is 0 Å². The second kappa shape index (κ2) is 10.9. The molecule has 0 fully saturated rings. The standard InChI is InChI=1S/C24H18F3N5O5S/c1-2-5-14-6-3-4-7-18(14)36-10-11-37-19-9-8-16(32(34)35)12-15(19)13-17-20(28)31-23(29-21(17)33)38-22(30-31)24(25,26)27/h2-4,6-9,12-13,28H,1,5,10-11H2. The maximum atomic E-state index is 13.1. The van der Waals surface area contributed by atoms with Crippen LogP contribution in [0.25, 0.3) is 6.08 Å². The monoisotopic (exact) mass is 545 g/mol. The molecule has 1 amide bonds. The fourth-order valence-corrected chi connectivity index (χ4v) is 4.19. The van der Waals surface area contributed by atoms with Gasteiger partial charge in [0.1, 0.15) is 24.7 Å². The van der Waals surface area contributed by atoms with Crippen LogP contribution in [0.4, 0.5) is 18.9 Å². The number of hydrogen-bond acceptors (Lipinski definition) is 8. The highest BCUT2D eigenvalue weighted by Crippen LogP contribution is 2.36. The summed E-state index contributed by atoms with van der Waals surface area (Å²) in [6, 6.07) is 11.0. The molecule has 0 atom stereocenters. The summed E-state index contributed by atoms with van der Waals surface area (Å²) in [5.74, 6) is -0.894. The molecule has 2 aromatic rings. The van der Waals surface area contributed by atoms with E-state index in [1.54, 1.807) is 12.1 Å². The Morgan fingerprint density at radius 1 is 1.16 bits per heavy atom. The number of nitrogens with one attached hydrogen (secondary N) is 1. The zero-order valence-electron chi connectivity index (χ0n) is 19.4. The second-order valence-corrected chi connectivity index (χ2v) is 8.66. The lowest BCUT2D eigenvalue weighted by atomic mass is 10.1. The highest BCUT2D eigenvalue weighted by Gasteiger charge is 2.46. The smallest absolute Gasteiger partial charge is 0.441 e. The second-order valence-electron chi connectivity index (χ2n) is 7.70. The van der Waals surface area contributed by atoms with E-state index in [9.17, 15) is 28.1 Å². The number of hydrazone groups is 1. The number of nitro groups is 1. The molecule has 38 heavy (non-hydrogen) atoms. The van der Waals surface area contributed by atoms with E-state index >= 15 is 0 Å². The Hall–Kier alpha value is -4.46. The molecule has 2 aromatic carbocycles. The summed E-state index contributed by atoms with van der Waals surface area (Å²) < 4.78 is 50.7. The van der Waals surface area contributed by atoms with Crippen LogP contribution in [-0.4, -0.2) is 51.3 Å². The highest BCUT2D eigenvalue weighted by atomic mass is 32.2. The number of carbonyl (C=O) groups is 1. The molecule has 2 aliphatic rings. The third-order valence-corrected chi connectivity index (χ3v) is 6.09. The number of amides is 1. The van der Waals surface area contributed by atoms with Crippen LogP contribution in [0.15, 0.2) is 70.8 Å². The van der Waals surface area contributed by atoms with E-state index in [0.29, 0.717) is 17.2 Å². The number of nitro benzene ring substituents is 1. The van der Waals surface area contributed by atoms with Crippen LogP contribution in [0.2, 0.25) is 0 Å². The van der Waals surface area contributed by atoms with Crippen LogP contribution in [0.1, 0.15) is 11.1 Å². The summed E-state index contributed by atoms with van der Waals surface area (Å²) in [6.45, 7) is 3.85. The van der Waals surface area contributed by atoms with Gasteiger partial charge in [-0.15, -0.1) is 6.58 Å². The van der Waals surface area contributed by atoms with Crippen LogP contribution in [0.3, 0.4) is 0 Å². The molecule has 196 valence electrons. The number of allylic oxidation sites excluding steroid dienone is 1. The van der Waals surface area contributed by atoms with Gasteiger partial charge in [-0.3, -0.25) is 20.3 Å². The topological polar surface area (TPSA) is 130 Å². The Kier molecular flexibility index (Phi) is 7.62. The zero-order valence-corrected chi connectivity index (χ0v) is 20.2. The Balaban J connectivity index is 1.56. The molecule has 4 rings (SSSR count). The van der Waals surface area contributed by atoms with E-state index in [2.05, 4.69) is 16.7 Å². The zero-order chi connectivity index (χ0) is 27.4. The number of amidine groups is 2. The highest BCUT2D eigenvalue weighted by molar-refractivity contribution is 8.27. The van der Waals surface area contributed by atoms with Gasteiger partial charge < -0.3 is 9.47 Å². The van der Waals surface area contributed by atoms with Crippen LogP contribution in [0, 0.1) is 15.5 Å². The summed E-state index contributed by atoms with van der Waals surface area (Å²) >= 11 is 0.121. The maximum absolute atomic E-state index is 13.1. The van der Waals surface area contributed by atoms with Crippen molar-refractivity contribution in [1.82, 2.24) is 5.01 Å². The van der Waals surface area contributed by atoms with Crippen LogP contribution < -0.4 is 9.47 Å². The molecule has 10 nitrogen and oxygen atoms in total. The van der Waals surface area contributed by atoms with Crippen molar-refractivity contribution in [3.05, 3.63) is 81.9 Å². The van der Waals surface area contributed by atoms with Crippen molar-refractivity contribution < 1.29 is 32.4 Å². The van der Waals surface area contributed by atoms with E-state index in [1.165, 1.54) is 12.1 Å². The summed E-state index contributed by atoms with van der Waals surface area (Å²) in [5.41, 5.74) is 0.229. The molecule has 1 N–H and O–H groups in total. The number of fused-ring (bicyclic) bond motifs is 1. The number of aliphatic imine (C=N–C) groups is 1. The molecule has 2 aliphatic heterocycles. The quantitative estimate of drug-likeness (QED) is 0.155. The normalized spacial score (nSPS) is 16.2. The number of non-ortho nitro benzene ring substituents is 1. The molecule has 0 unspecified atom stereocenters. The first kappa shape index (κ1) is 26.6. The molecule has 0 aromatic heterocycles. The number of thioether (sulfide) groups is 1. The van der Waals surface area contributed by atoms with Crippen molar-refractivity contribution in [2.45, 2.75) is 12.6 Å². The van der Waals surface area contributed by atoms with Gasteiger partial charge in [-0.2, -0.15) is 28.3 Å². The minimum atomic E-state index is -4.78. The van der Waals surface area contributed by atoms with E-state index in [0.717, 1.165) is 17.7 Å². The molecule has 0 saturated heterocycles. The number of rotatable bonds is 9. The number of para-hydroxylation sites is 1. The lowest BCUT2D eigenvalue weighted by Gasteiger charge is -2.20. The Morgan fingerprint density at radius 2 is 1.87 bits per heavy atom. The number of ether oxygens (including phenoxy) is 2. The first-order chi connectivity index (χ1) is 18.1. The molecule has 2 heterocycles. The number of nitrogens with zero attached hydrogens (tertiary/aromatic N) is 4. The third-order valence-electron chi connectivity index (χ3n) is 5.14. The Labute approximate surface area is 217 Å². The maximum Gasteiger partial charge on any atom is 0.441 e. The summed E-state index contributed by atoms with van der Waals surface area (Å²) in [7, 11) is 0. The van der Waals surface area contributed by atoms with Gasteiger partial charge in [-0.1, -0.05) is 24.3 Å². The van der Waals surface area contributed by atoms with Gasteiger partial charge in [0.25, 0.3) is 11.6 Å². The van der Waals surface area contributed by atoms with Crippen LogP contribution in [-0.2, 0) is 11.2 Å². The molecule has 0 saturated carbocycles. The molecule has 0 radical (unpaired) electrons. The van der Waals surface area contributed by atoms with Gasteiger partial charge in [-0.05, 0) is 42.0 Å². The lowest BCUT2D eigenvalue weighted by molar-refractivity contribution is -0.384. The van der Waals surface area contributed by atoms with Gasteiger partial charge in [0.05, 0.1) is 10.5 Å². The van der Waals surface area contributed by atoms with Gasteiger partial charge >= 0.3 is 6.18 Å². The van der Waals surface area contributed by atoms with E-state index in [-0.39, 0.29) is 42.0 Å². The van der Waals surface area contributed by atoms with E-state index in [4.69, 9.17) is 14.9 Å². The molecule has 0 bridgehead atoms. The molecular weight excluding hydrogens is 527 g/mol. The Bertz CT molecular complexity index is 1420. The van der Waals surface area contributed by atoms with Gasteiger partial charge in [0.15, 0.2) is 5.84 Å². The fourth-order valence-electron chi connectivity index (χ4n) is 3.43.